The van der Waals surface area contributed by atoms with Gasteiger partial charge in [0.05, 0.1) is 0 Å². The molecule has 0 aliphatic carbocycles. The quantitative estimate of drug-likeness (QED) is 0.650. The number of rotatable bonds is 2. The van der Waals surface area contributed by atoms with Gasteiger partial charge in [-0.1, -0.05) is 12.1 Å². The van der Waals surface area contributed by atoms with E-state index in [2.05, 4.69) is 53.8 Å². The van der Waals surface area contributed by atoms with Crippen LogP contribution in [0.4, 0.5) is 0 Å². The molecule has 0 bridgehead atoms. The summed E-state index contributed by atoms with van der Waals surface area (Å²) < 4.78 is 2.27. The Balaban J connectivity index is 2.33. The van der Waals surface area contributed by atoms with E-state index in [1.165, 1.54) is 16.5 Å². The maximum atomic E-state index is 3.10. The Bertz CT molecular complexity index is 523. The molecule has 1 heterocycles. The molecule has 1 aromatic heterocycles. The Morgan fingerprint density at radius 1 is 1.27 bits per heavy atom. The third kappa shape index (κ3) is 2.05. The number of fused-ring (bicyclic) bond motifs is 1. The van der Waals surface area contributed by atoms with Gasteiger partial charge in [-0.15, -0.1) is 11.8 Å². The molecule has 0 fully saturated rings. The molecule has 0 atom stereocenters. The van der Waals surface area contributed by atoms with Crippen molar-refractivity contribution in [3.63, 3.8) is 0 Å². The Morgan fingerprint density at radius 2 is 2.13 bits per heavy atom. The van der Waals surface area contributed by atoms with Crippen LogP contribution in [0.25, 0.3) is 10.9 Å². The largest absolute Gasteiger partial charge is 0.347 e. The highest BCUT2D eigenvalue weighted by atomic mass is 14.9. The van der Waals surface area contributed by atoms with E-state index in [9.17, 15) is 0 Å². The lowest BCUT2D eigenvalue weighted by Gasteiger charge is -2.02. The molecule has 2 aromatic rings. The summed E-state index contributed by atoms with van der Waals surface area (Å²) in [5.74, 6) is 6.02. The number of hydrogen-bond acceptors (Lipinski definition) is 0. The van der Waals surface area contributed by atoms with Gasteiger partial charge < -0.3 is 4.57 Å². The highest BCUT2D eigenvalue weighted by molar-refractivity contribution is 5.80. The van der Waals surface area contributed by atoms with Gasteiger partial charge in [-0.3, -0.25) is 0 Å². The molecule has 1 heteroatoms. The minimum Gasteiger partial charge on any atom is -0.347 e. The standard InChI is InChI=1S/C14H15N/c1-3-4-5-9-15-10-8-13-7-6-12(2)11-14(13)15/h6-8,10-11H,5,9H2,1-2H3. The number of aromatic nitrogens is 1. The first-order valence-corrected chi connectivity index (χ1v) is 5.26. The Kier molecular flexibility index (Phi) is 2.78. The molecule has 76 valence electrons. The smallest absolute Gasteiger partial charge is 0.0483 e. The zero-order chi connectivity index (χ0) is 10.7. The van der Waals surface area contributed by atoms with Crippen LogP contribution in [0.1, 0.15) is 18.9 Å². The minimum atomic E-state index is 0.925. The zero-order valence-corrected chi connectivity index (χ0v) is 9.25. The van der Waals surface area contributed by atoms with Gasteiger partial charge >= 0.3 is 0 Å². The van der Waals surface area contributed by atoms with Crippen LogP contribution in [-0.2, 0) is 6.54 Å². The summed E-state index contributed by atoms with van der Waals surface area (Å²) in [6.07, 6.45) is 3.07. The second kappa shape index (κ2) is 4.23. The average Bonchev–Trinajstić information content (AvgIpc) is 2.62. The number of hydrogen-bond donors (Lipinski definition) is 0. The summed E-state index contributed by atoms with van der Waals surface area (Å²) >= 11 is 0. The molecule has 15 heavy (non-hydrogen) atoms. The average molecular weight is 197 g/mol. The molecule has 0 saturated carbocycles. The van der Waals surface area contributed by atoms with Crippen LogP contribution in [-0.4, -0.2) is 4.57 Å². The lowest BCUT2D eigenvalue weighted by Crippen LogP contribution is -1.94. The molecule has 0 radical (unpaired) electrons. The van der Waals surface area contributed by atoms with Crippen molar-refractivity contribution in [2.24, 2.45) is 0 Å². The molecular weight excluding hydrogens is 182 g/mol. The van der Waals surface area contributed by atoms with Crippen LogP contribution in [0.3, 0.4) is 0 Å². The van der Waals surface area contributed by atoms with E-state index < -0.39 is 0 Å². The summed E-state index contributed by atoms with van der Waals surface area (Å²) in [5, 5.41) is 1.31. The summed E-state index contributed by atoms with van der Waals surface area (Å²) in [6, 6.07) is 8.72. The van der Waals surface area contributed by atoms with Gasteiger partial charge in [0.25, 0.3) is 0 Å². The fourth-order valence-corrected chi connectivity index (χ4v) is 1.79. The maximum absolute atomic E-state index is 3.10. The van der Waals surface area contributed by atoms with Gasteiger partial charge in [-0.2, -0.15) is 0 Å². The first-order chi connectivity index (χ1) is 7.31. The molecule has 1 nitrogen and oxygen atoms in total. The molecule has 0 aliphatic rings. The monoisotopic (exact) mass is 197 g/mol. The van der Waals surface area contributed by atoms with Gasteiger partial charge in [0.2, 0.25) is 0 Å². The topological polar surface area (TPSA) is 4.93 Å². The number of aryl methyl sites for hydroxylation is 2. The predicted molar refractivity (Wildman–Crippen MR) is 64.7 cm³/mol. The van der Waals surface area contributed by atoms with Crippen LogP contribution in [0.5, 0.6) is 0 Å². The summed E-state index contributed by atoms with van der Waals surface area (Å²) in [7, 11) is 0. The van der Waals surface area contributed by atoms with E-state index in [-0.39, 0.29) is 0 Å². The first-order valence-electron chi connectivity index (χ1n) is 5.26. The van der Waals surface area contributed by atoms with E-state index in [0.717, 1.165) is 13.0 Å². The molecule has 0 spiro atoms. The third-order valence-corrected chi connectivity index (χ3v) is 2.58. The van der Waals surface area contributed by atoms with E-state index in [1.807, 2.05) is 6.92 Å². The summed E-state index contributed by atoms with van der Waals surface area (Å²) in [6.45, 7) is 4.99. The van der Waals surface area contributed by atoms with Crippen LogP contribution in [0, 0.1) is 18.8 Å². The predicted octanol–water partition coefficient (Wildman–Crippen LogP) is 3.36. The van der Waals surface area contributed by atoms with Gasteiger partial charge in [0, 0.05) is 24.7 Å². The second-order valence-electron chi connectivity index (χ2n) is 3.75. The minimum absolute atomic E-state index is 0.925. The van der Waals surface area contributed by atoms with Crippen molar-refractivity contribution < 1.29 is 0 Å². The normalized spacial score (nSPS) is 10.0. The third-order valence-electron chi connectivity index (χ3n) is 2.58. The van der Waals surface area contributed by atoms with E-state index in [1.54, 1.807) is 0 Å². The molecule has 1 aromatic carbocycles. The SMILES string of the molecule is CC#CCCn1ccc2ccc(C)cc21. The van der Waals surface area contributed by atoms with Gasteiger partial charge in [-0.25, -0.2) is 0 Å². The van der Waals surface area contributed by atoms with E-state index in [0.29, 0.717) is 0 Å². The first kappa shape index (κ1) is 9.86. The fraction of sp³-hybridized carbons (Fsp3) is 0.286. The summed E-state index contributed by atoms with van der Waals surface area (Å²) in [4.78, 5) is 0. The number of nitrogens with zero attached hydrogens (tertiary/aromatic N) is 1. The van der Waals surface area contributed by atoms with Crippen molar-refractivity contribution in [2.75, 3.05) is 0 Å². The highest BCUT2D eigenvalue weighted by Crippen LogP contribution is 2.17. The van der Waals surface area contributed by atoms with Crippen molar-refractivity contribution in [2.45, 2.75) is 26.8 Å². The Labute approximate surface area is 90.7 Å². The Hall–Kier alpha value is -1.68. The van der Waals surface area contributed by atoms with Crippen LogP contribution in [0.15, 0.2) is 30.5 Å². The molecule has 0 saturated heterocycles. The van der Waals surface area contributed by atoms with Gasteiger partial charge in [-0.05, 0) is 36.9 Å². The van der Waals surface area contributed by atoms with Crippen molar-refractivity contribution in [1.29, 1.82) is 0 Å². The second-order valence-corrected chi connectivity index (χ2v) is 3.75. The van der Waals surface area contributed by atoms with Crippen LogP contribution < -0.4 is 0 Å². The molecule has 2 rings (SSSR count). The van der Waals surface area contributed by atoms with Gasteiger partial charge in [0.1, 0.15) is 0 Å². The van der Waals surface area contributed by atoms with Gasteiger partial charge in [0.15, 0.2) is 0 Å². The molecule has 0 aliphatic heterocycles. The zero-order valence-electron chi connectivity index (χ0n) is 9.25. The lowest BCUT2D eigenvalue weighted by molar-refractivity contribution is 0.748. The summed E-state index contributed by atoms with van der Waals surface area (Å²) in [5.41, 5.74) is 2.62. The van der Waals surface area contributed by atoms with Crippen molar-refractivity contribution in [1.82, 2.24) is 4.57 Å². The highest BCUT2D eigenvalue weighted by Gasteiger charge is 1.99. The number of benzene rings is 1. The van der Waals surface area contributed by atoms with E-state index in [4.69, 9.17) is 0 Å². The van der Waals surface area contributed by atoms with Crippen molar-refractivity contribution >= 4 is 10.9 Å². The molecule has 0 N–H and O–H groups in total. The maximum Gasteiger partial charge on any atom is 0.0483 e. The van der Waals surface area contributed by atoms with Crippen molar-refractivity contribution in [3.05, 3.63) is 36.0 Å². The van der Waals surface area contributed by atoms with Crippen LogP contribution in [0.2, 0.25) is 0 Å². The van der Waals surface area contributed by atoms with Crippen molar-refractivity contribution in [3.8, 4) is 11.8 Å². The Morgan fingerprint density at radius 3 is 2.93 bits per heavy atom. The van der Waals surface area contributed by atoms with E-state index >= 15 is 0 Å². The van der Waals surface area contributed by atoms with Crippen LogP contribution >= 0.6 is 0 Å². The lowest BCUT2D eigenvalue weighted by atomic mass is 10.2. The molecule has 0 unspecified atom stereocenters. The fourth-order valence-electron chi connectivity index (χ4n) is 1.79. The molecule has 0 amide bonds. The molecular formula is C14H15N.